The molecule has 0 amide bonds. The molecule has 0 saturated heterocycles. The van der Waals surface area contributed by atoms with Crippen LogP contribution in [0, 0.1) is 18.4 Å². The fourth-order valence-electron chi connectivity index (χ4n) is 6.22. The van der Waals surface area contributed by atoms with Crippen molar-refractivity contribution in [2.24, 2.45) is 0 Å². The zero-order chi connectivity index (χ0) is 26.9. The van der Waals surface area contributed by atoms with Crippen LogP contribution in [0.15, 0.2) is 84.9 Å². The monoisotopic (exact) mass is 516 g/mol. The van der Waals surface area contributed by atoms with Gasteiger partial charge in [0, 0.05) is 19.8 Å². The predicted octanol–water partition coefficient (Wildman–Crippen LogP) is 6.89. The number of ether oxygens (including phenoxy) is 2. The molecule has 0 fully saturated rings. The van der Waals surface area contributed by atoms with Gasteiger partial charge in [-0.05, 0) is 73.4 Å². The third-order valence-electron chi connectivity index (χ3n) is 7.90. The molecule has 4 aromatic rings. The van der Waals surface area contributed by atoms with Crippen molar-refractivity contribution in [2.45, 2.75) is 45.9 Å². The van der Waals surface area contributed by atoms with E-state index in [1.54, 1.807) is 14.2 Å². The zero-order valence-electron chi connectivity index (χ0n) is 23.3. The van der Waals surface area contributed by atoms with E-state index in [9.17, 15) is 0 Å². The van der Waals surface area contributed by atoms with Gasteiger partial charge >= 0.3 is 0 Å². The van der Waals surface area contributed by atoms with E-state index in [-0.39, 0.29) is 5.04 Å². The van der Waals surface area contributed by atoms with Crippen molar-refractivity contribution in [1.29, 1.82) is 0 Å². The summed E-state index contributed by atoms with van der Waals surface area (Å²) < 4.78 is 11.7. The number of hydrogen-bond acceptors (Lipinski definition) is 2. The molecule has 38 heavy (non-hydrogen) atoms. The highest BCUT2D eigenvalue weighted by Crippen LogP contribution is 2.47. The molecule has 0 N–H and O–H groups in total. The molecule has 192 valence electrons. The van der Waals surface area contributed by atoms with E-state index in [2.05, 4.69) is 118 Å². The van der Waals surface area contributed by atoms with Gasteiger partial charge in [0.1, 0.15) is 0 Å². The maximum atomic E-state index is 5.88. The second-order valence-corrected chi connectivity index (χ2v) is 15.4. The quantitative estimate of drug-likeness (QED) is 0.212. The van der Waals surface area contributed by atoms with Crippen LogP contribution >= 0.6 is 0 Å². The van der Waals surface area contributed by atoms with Gasteiger partial charge in [-0.1, -0.05) is 99.5 Å². The molecular formula is C35H36O2Si. The highest BCUT2D eigenvalue weighted by molar-refractivity contribution is 7.13. The summed E-state index contributed by atoms with van der Waals surface area (Å²) in [6.07, 6.45) is 0. The van der Waals surface area contributed by atoms with Gasteiger partial charge in [-0.3, -0.25) is 0 Å². The van der Waals surface area contributed by atoms with Gasteiger partial charge in [0.25, 0.3) is 0 Å². The summed E-state index contributed by atoms with van der Waals surface area (Å²) in [6.45, 7) is 10.5. The van der Waals surface area contributed by atoms with Crippen molar-refractivity contribution in [3.8, 4) is 33.7 Å². The zero-order valence-corrected chi connectivity index (χ0v) is 24.3. The Morgan fingerprint density at radius 1 is 0.711 bits per heavy atom. The maximum Gasteiger partial charge on any atom is 0.206 e. The SMILES string of the molecule is COCc1c(C)c2c(c(-c3ccccc3)c1COC)[Si@@](C#Cc1ccccc1)(C(C)(C)C)c1ccccc1-2. The number of rotatable bonds is 5. The fraction of sp³-hybridized carbons (Fsp3) is 0.257. The van der Waals surface area contributed by atoms with Crippen LogP contribution in [-0.2, 0) is 22.7 Å². The van der Waals surface area contributed by atoms with Crippen LogP contribution < -0.4 is 10.4 Å². The van der Waals surface area contributed by atoms with Crippen molar-refractivity contribution in [3.63, 3.8) is 0 Å². The summed E-state index contributed by atoms with van der Waals surface area (Å²) in [5, 5.41) is 2.76. The van der Waals surface area contributed by atoms with E-state index < -0.39 is 8.07 Å². The smallest absolute Gasteiger partial charge is 0.206 e. The van der Waals surface area contributed by atoms with Gasteiger partial charge in [-0.15, -0.1) is 5.54 Å². The number of benzene rings is 4. The van der Waals surface area contributed by atoms with Gasteiger partial charge in [-0.2, -0.15) is 0 Å². The summed E-state index contributed by atoms with van der Waals surface area (Å²) >= 11 is 0. The molecule has 3 heteroatoms. The van der Waals surface area contributed by atoms with Crippen LogP contribution in [0.4, 0.5) is 0 Å². The molecular weight excluding hydrogens is 480 g/mol. The van der Waals surface area contributed by atoms with E-state index in [0.29, 0.717) is 13.2 Å². The lowest BCUT2D eigenvalue weighted by Crippen LogP contribution is -2.62. The van der Waals surface area contributed by atoms with Crippen molar-refractivity contribution in [1.82, 2.24) is 0 Å². The first kappa shape index (κ1) is 26.2. The second kappa shape index (κ2) is 10.4. The third kappa shape index (κ3) is 4.14. The van der Waals surface area contributed by atoms with Crippen molar-refractivity contribution >= 4 is 18.4 Å². The molecule has 0 aromatic heterocycles. The first-order valence-electron chi connectivity index (χ1n) is 13.2. The van der Waals surface area contributed by atoms with Crippen LogP contribution in [0.2, 0.25) is 5.04 Å². The van der Waals surface area contributed by atoms with Gasteiger partial charge in [0.2, 0.25) is 8.07 Å². The average molecular weight is 517 g/mol. The summed E-state index contributed by atoms with van der Waals surface area (Å²) in [7, 11) is 0.880. The molecule has 1 heterocycles. The Bertz CT molecular complexity index is 1520. The Morgan fingerprint density at radius 3 is 1.92 bits per heavy atom. The second-order valence-electron chi connectivity index (χ2n) is 11.1. The molecule has 0 saturated carbocycles. The molecule has 2 nitrogen and oxygen atoms in total. The molecule has 1 atom stereocenters. The number of methoxy groups -OCH3 is 2. The van der Waals surface area contributed by atoms with Crippen LogP contribution in [-0.4, -0.2) is 22.3 Å². The van der Waals surface area contributed by atoms with Gasteiger partial charge in [0.15, 0.2) is 0 Å². The van der Waals surface area contributed by atoms with Gasteiger partial charge in [0.05, 0.1) is 13.2 Å². The minimum Gasteiger partial charge on any atom is -0.380 e. The molecule has 5 rings (SSSR count). The van der Waals surface area contributed by atoms with Crippen molar-refractivity contribution in [2.75, 3.05) is 14.2 Å². The Balaban J connectivity index is 2.02. The first-order chi connectivity index (χ1) is 18.3. The Morgan fingerprint density at radius 2 is 1.29 bits per heavy atom. The minimum atomic E-state index is -2.68. The average Bonchev–Trinajstić information content (AvgIpc) is 3.22. The predicted molar refractivity (Wildman–Crippen MR) is 162 cm³/mol. The summed E-state index contributed by atoms with van der Waals surface area (Å²) in [5.41, 5.74) is 14.0. The maximum absolute atomic E-state index is 5.88. The normalized spacial score (nSPS) is 15.9. The van der Waals surface area contributed by atoms with Crippen LogP contribution in [0.3, 0.4) is 0 Å². The molecule has 0 aliphatic carbocycles. The molecule has 0 unspecified atom stereocenters. The van der Waals surface area contributed by atoms with E-state index in [1.807, 2.05) is 6.07 Å². The summed E-state index contributed by atoms with van der Waals surface area (Å²) in [5.74, 6) is 3.66. The van der Waals surface area contributed by atoms with E-state index >= 15 is 0 Å². The molecule has 0 spiro atoms. The molecule has 1 aliphatic rings. The van der Waals surface area contributed by atoms with Crippen molar-refractivity contribution in [3.05, 3.63) is 107 Å². The summed E-state index contributed by atoms with van der Waals surface area (Å²) in [6, 6.07) is 30.2. The molecule has 0 bridgehead atoms. The highest BCUT2D eigenvalue weighted by Gasteiger charge is 2.55. The van der Waals surface area contributed by atoms with Crippen LogP contribution in [0.5, 0.6) is 0 Å². The number of hydrogen-bond donors (Lipinski definition) is 0. The Kier molecular flexibility index (Phi) is 7.16. The first-order valence-corrected chi connectivity index (χ1v) is 15.2. The Labute approximate surface area is 228 Å². The van der Waals surface area contributed by atoms with Gasteiger partial charge in [-0.25, -0.2) is 0 Å². The largest absolute Gasteiger partial charge is 0.380 e. The van der Waals surface area contributed by atoms with Gasteiger partial charge < -0.3 is 9.47 Å². The lowest BCUT2D eigenvalue weighted by atomic mass is 9.87. The van der Waals surface area contributed by atoms with Crippen molar-refractivity contribution < 1.29 is 9.47 Å². The Hall–Kier alpha value is -3.42. The van der Waals surface area contributed by atoms with E-state index in [1.165, 1.54) is 49.3 Å². The topological polar surface area (TPSA) is 18.5 Å². The van der Waals surface area contributed by atoms with Crippen LogP contribution in [0.25, 0.3) is 22.3 Å². The molecule has 1 aliphatic heterocycles. The summed E-state index contributed by atoms with van der Waals surface area (Å²) in [4.78, 5) is 0. The standard InChI is InChI=1S/C35H36O2Si/c1-25-29(23-36-5)30(24-37-6)33(27-17-11-8-12-18-27)34-32(25)28-19-13-14-20-31(28)38(34,35(2,3)4)22-21-26-15-9-7-10-16-26/h7-20H,23-24H2,1-6H3/t38-/m0/s1. The number of fused-ring (bicyclic) bond motifs is 3. The van der Waals surface area contributed by atoms with E-state index in [0.717, 1.165) is 5.56 Å². The highest BCUT2D eigenvalue weighted by atomic mass is 28.3. The molecule has 4 aromatic carbocycles. The van der Waals surface area contributed by atoms with E-state index in [4.69, 9.17) is 9.47 Å². The lowest BCUT2D eigenvalue weighted by molar-refractivity contribution is 0.168. The lowest BCUT2D eigenvalue weighted by Gasteiger charge is -2.39. The minimum absolute atomic E-state index is 0.0702. The third-order valence-corrected chi connectivity index (χ3v) is 13.1. The molecule has 0 radical (unpaired) electrons. The fourth-order valence-corrected chi connectivity index (χ4v) is 11.3. The van der Waals surface area contributed by atoms with Crippen LogP contribution in [0.1, 0.15) is 43.0 Å².